The molecule has 0 saturated heterocycles. The van der Waals surface area contributed by atoms with E-state index in [1.807, 2.05) is 61.0 Å². The van der Waals surface area contributed by atoms with E-state index in [1.54, 1.807) is 23.0 Å². The summed E-state index contributed by atoms with van der Waals surface area (Å²) in [6.07, 6.45) is 1.68. The molecule has 0 aliphatic heterocycles. The van der Waals surface area contributed by atoms with E-state index in [1.165, 1.54) is 0 Å². The van der Waals surface area contributed by atoms with E-state index in [0.29, 0.717) is 34.5 Å². The summed E-state index contributed by atoms with van der Waals surface area (Å²) in [6, 6.07) is 16.9. The largest absolute Gasteiger partial charge is 0.304 e. The number of hydrogen-bond acceptors (Lipinski definition) is 3. The highest BCUT2D eigenvalue weighted by molar-refractivity contribution is 6.33. The molecule has 31 heavy (non-hydrogen) atoms. The fourth-order valence-corrected chi connectivity index (χ4v) is 3.61. The van der Waals surface area contributed by atoms with Gasteiger partial charge in [0, 0.05) is 22.5 Å². The van der Waals surface area contributed by atoms with Crippen molar-refractivity contribution < 1.29 is 4.79 Å². The summed E-state index contributed by atoms with van der Waals surface area (Å²) in [5, 5.41) is 12.7. The second kappa shape index (κ2) is 8.96. The summed E-state index contributed by atoms with van der Waals surface area (Å²) in [6.45, 7) is 5.17. The lowest BCUT2D eigenvalue weighted by molar-refractivity contribution is 0.102. The number of amides is 1. The molecule has 0 bridgehead atoms. The van der Waals surface area contributed by atoms with E-state index in [2.05, 4.69) is 15.5 Å². The predicted octanol–water partition coefficient (Wildman–Crippen LogP) is 5.35. The van der Waals surface area contributed by atoms with E-state index in [9.17, 15) is 4.79 Å². The summed E-state index contributed by atoms with van der Waals surface area (Å²) in [7, 11) is 0. The van der Waals surface area contributed by atoms with Crippen LogP contribution >= 0.6 is 23.2 Å². The van der Waals surface area contributed by atoms with Gasteiger partial charge in [-0.1, -0.05) is 47.5 Å². The fraction of sp³-hybridized carbons (Fsp3) is 0.174. The summed E-state index contributed by atoms with van der Waals surface area (Å²) in [5.74, 6) is 0.0589. The van der Waals surface area contributed by atoms with Gasteiger partial charge in [-0.15, -0.1) is 0 Å². The average Bonchev–Trinajstić information content (AvgIpc) is 3.24. The molecule has 0 aliphatic carbocycles. The molecule has 0 aliphatic rings. The second-order valence-corrected chi connectivity index (χ2v) is 8.23. The number of aromatic nitrogens is 4. The summed E-state index contributed by atoms with van der Waals surface area (Å²) in [5.41, 5.74) is 4.71. The van der Waals surface area contributed by atoms with Gasteiger partial charge in [0.25, 0.3) is 5.91 Å². The number of nitrogens with one attached hydrogen (secondary N) is 1. The van der Waals surface area contributed by atoms with Gasteiger partial charge in [-0.3, -0.25) is 14.2 Å². The van der Waals surface area contributed by atoms with Crippen molar-refractivity contribution in [3.63, 3.8) is 0 Å². The molecular formula is C23H21Cl2N5O. The second-order valence-electron chi connectivity index (χ2n) is 7.39. The molecule has 0 saturated carbocycles. The molecule has 0 atom stereocenters. The van der Waals surface area contributed by atoms with Crippen molar-refractivity contribution in [2.45, 2.75) is 26.9 Å². The molecule has 6 nitrogen and oxygen atoms in total. The molecule has 2 heterocycles. The van der Waals surface area contributed by atoms with Crippen molar-refractivity contribution in [2.75, 3.05) is 5.32 Å². The smallest absolute Gasteiger partial charge is 0.256 e. The molecule has 4 rings (SSSR count). The van der Waals surface area contributed by atoms with Gasteiger partial charge in [0.2, 0.25) is 0 Å². The van der Waals surface area contributed by atoms with Crippen LogP contribution in [0.5, 0.6) is 0 Å². The van der Waals surface area contributed by atoms with Gasteiger partial charge >= 0.3 is 0 Å². The molecule has 1 amide bonds. The number of nitrogens with zero attached hydrogens (tertiary/aromatic N) is 4. The number of anilines is 1. The van der Waals surface area contributed by atoms with Crippen LogP contribution in [0.3, 0.4) is 0 Å². The zero-order chi connectivity index (χ0) is 22.0. The van der Waals surface area contributed by atoms with Crippen LogP contribution in [0.25, 0.3) is 0 Å². The van der Waals surface area contributed by atoms with Gasteiger partial charge < -0.3 is 5.32 Å². The average molecular weight is 454 g/mol. The Hall–Kier alpha value is -3.09. The Morgan fingerprint density at radius 3 is 2.23 bits per heavy atom. The van der Waals surface area contributed by atoms with Crippen molar-refractivity contribution in [3.05, 3.63) is 98.9 Å². The molecule has 0 unspecified atom stereocenters. The lowest BCUT2D eigenvalue weighted by atomic mass is 10.1. The minimum absolute atomic E-state index is 0.267. The molecular weight excluding hydrogens is 433 g/mol. The van der Waals surface area contributed by atoms with Crippen molar-refractivity contribution in [3.8, 4) is 0 Å². The fourth-order valence-electron chi connectivity index (χ4n) is 3.29. The maximum absolute atomic E-state index is 12.6. The zero-order valence-electron chi connectivity index (χ0n) is 17.1. The highest BCUT2D eigenvalue weighted by Gasteiger charge is 2.13. The number of halogens is 2. The molecule has 1 N–H and O–H groups in total. The molecule has 0 radical (unpaired) electrons. The lowest BCUT2D eigenvalue weighted by Crippen LogP contribution is -2.13. The molecule has 2 aromatic heterocycles. The van der Waals surface area contributed by atoms with Crippen molar-refractivity contribution in [1.29, 1.82) is 0 Å². The van der Waals surface area contributed by atoms with E-state index in [0.717, 1.165) is 22.5 Å². The van der Waals surface area contributed by atoms with E-state index in [-0.39, 0.29) is 5.91 Å². The van der Waals surface area contributed by atoms with Gasteiger partial charge in [0.1, 0.15) is 5.02 Å². The van der Waals surface area contributed by atoms with Crippen LogP contribution in [0.2, 0.25) is 10.0 Å². The van der Waals surface area contributed by atoms with Crippen LogP contribution in [-0.4, -0.2) is 25.5 Å². The maximum atomic E-state index is 12.6. The van der Waals surface area contributed by atoms with Gasteiger partial charge in [0.05, 0.1) is 18.8 Å². The van der Waals surface area contributed by atoms with E-state index < -0.39 is 0 Å². The normalized spacial score (nSPS) is 11.0. The van der Waals surface area contributed by atoms with Gasteiger partial charge in [0.15, 0.2) is 5.82 Å². The van der Waals surface area contributed by atoms with Crippen LogP contribution in [0.1, 0.15) is 32.9 Å². The third kappa shape index (κ3) is 5.16. The minimum atomic E-state index is -0.267. The molecule has 2 aromatic carbocycles. The Balaban J connectivity index is 1.41. The molecule has 4 aromatic rings. The maximum Gasteiger partial charge on any atom is 0.256 e. The van der Waals surface area contributed by atoms with Gasteiger partial charge in [-0.25, -0.2) is 0 Å². The van der Waals surface area contributed by atoms with Crippen molar-refractivity contribution in [1.82, 2.24) is 19.6 Å². The third-order valence-electron chi connectivity index (χ3n) is 4.86. The molecule has 158 valence electrons. The predicted molar refractivity (Wildman–Crippen MR) is 123 cm³/mol. The number of carbonyl (C=O) groups excluding carboxylic acids is 1. The first-order valence-electron chi connectivity index (χ1n) is 9.76. The van der Waals surface area contributed by atoms with Crippen LogP contribution in [-0.2, 0) is 13.1 Å². The van der Waals surface area contributed by atoms with Crippen LogP contribution in [0.15, 0.2) is 60.8 Å². The van der Waals surface area contributed by atoms with Crippen molar-refractivity contribution in [2.24, 2.45) is 0 Å². The Morgan fingerprint density at radius 2 is 1.58 bits per heavy atom. The Labute approximate surface area is 190 Å². The van der Waals surface area contributed by atoms with E-state index in [4.69, 9.17) is 23.2 Å². The first-order valence-corrected chi connectivity index (χ1v) is 10.5. The summed E-state index contributed by atoms with van der Waals surface area (Å²) >= 11 is 12.2. The Morgan fingerprint density at radius 1 is 0.935 bits per heavy atom. The number of benzene rings is 2. The number of hydrogen-bond donors (Lipinski definition) is 1. The van der Waals surface area contributed by atoms with Crippen molar-refractivity contribution >= 4 is 34.9 Å². The van der Waals surface area contributed by atoms with Crippen LogP contribution < -0.4 is 5.32 Å². The molecule has 0 fully saturated rings. The van der Waals surface area contributed by atoms with Crippen LogP contribution in [0.4, 0.5) is 5.82 Å². The highest BCUT2D eigenvalue weighted by Crippen LogP contribution is 2.21. The van der Waals surface area contributed by atoms with Gasteiger partial charge in [-0.2, -0.15) is 10.2 Å². The minimum Gasteiger partial charge on any atom is -0.304 e. The standard InChI is InChI=1S/C23H21Cl2N5O/c1-15-11-16(2)30(27-15)13-18-3-7-19(8-4-18)23(31)26-22-21(25)14-29(28-22)12-17-5-9-20(24)10-6-17/h3-11,14H,12-13H2,1-2H3,(H,26,28,31). The Kier molecular flexibility index (Phi) is 6.11. The van der Waals surface area contributed by atoms with Gasteiger partial charge in [-0.05, 0) is 55.3 Å². The number of aryl methyl sites for hydroxylation is 2. The zero-order valence-corrected chi connectivity index (χ0v) is 18.7. The highest BCUT2D eigenvalue weighted by atomic mass is 35.5. The first kappa shape index (κ1) is 21.2. The first-order chi connectivity index (χ1) is 14.9. The molecule has 0 spiro atoms. The number of carbonyl (C=O) groups is 1. The molecule has 8 heteroatoms. The lowest BCUT2D eigenvalue weighted by Gasteiger charge is -2.07. The summed E-state index contributed by atoms with van der Waals surface area (Å²) < 4.78 is 3.62. The topological polar surface area (TPSA) is 64.7 Å². The monoisotopic (exact) mass is 453 g/mol. The third-order valence-corrected chi connectivity index (χ3v) is 5.39. The van der Waals surface area contributed by atoms with E-state index >= 15 is 0 Å². The Bertz CT molecular complexity index is 1210. The van der Waals surface area contributed by atoms with Crippen LogP contribution in [0, 0.1) is 13.8 Å². The SMILES string of the molecule is Cc1cc(C)n(Cc2ccc(C(=O)Nc3nn(Cc4ccc(Cl)cc4)cc3Cl)cc2)n1. The quantitative estimate of drug-likeness (QED) is 0.427. The summed E-state index contributed by atoms with van der Waals surface area (Å²) in [4.78, 5) is 12.6. The number of rotatable bonds is 6.